The molecule has 0 saturated heterocycles. The van der Waals surface area contributed by atoms with Gasteiger partial charge in [0.2, 0.25) is 0 Å². The maximum absolute atomic E-state index is 5.43. The van der Waals surface area contributed by atoms with Crippen molar-refractivity contribution in [3.05, 3.63) is 65.2 Å². The molecule has 0 aromatic heterocycles. The zero-order valence-electron chi connectivity index (χ0n) is 16.8. The van der Waals surface area contributed by atoms with E-state index in [1.54, 1.807) is 0 Å². The van der Waals surface area contributed by atoms with Crippen LogP contribution in [0.3, 0.4) is 0 Å². The summed E-state index contributed by atoms with van der Waals surface area (Å²) < 4.78 is 0. The molecule has 2 aromatic rings. The fraction of sp³-hybridized carbons (Fsp3) is 0.478. The van der Waals surface area contributed by atoms with Crippen molar-refractivity contribution in [2.75, 3.05) is 0 Å². The minimum absolute atomic E-state index is 0. The SMILES string of the molecule is C.C.CC.CC.CC.Cc1ccc(C)cc1.[B]c1ccc(C)cc1.[Y]. The molecule has 0 bridgehead atoms. The Morgan fingerprint density at radius 2 is 0.640 bits per heavy atom. The second kappa shape index (κ2) is 31.4. The Morgan fingerprint density at radius 3 is 0.800 bits per heavy atom. The second-order valence-corrected chi connectivity index (χ2v) is 4.07. The van der Waals surface area contributed by atoms with Gasteiger partial charge in [-0.1, -0.05) is 127 Å². The summed E-state index contributed by atoms with van der Waals surface area (Å²) in [7, 11) is 5.43. The van der Waals surface area contributed by atoms with Crippen molar-refractivity contribution in [2.24, 2.45) is 0 Å². The van der Waals surface area contributed by atoms with Crippen molar-refractivity contribution in [3.8, 4) is 0 Å². The predicted octanol–water partition coefficient (Wildman–Crippen LogP) is 7.44. The van der Waals surface area contributed by atoms with Crippen LogP contribution in [0.2, 0.25) is 0 Å². The first kappa shape index (κ1) is 39.6. The van der Waals surface area contributed by atoms with E-state index in [1.807, 2.05) is 72.7 Å². The minimum Gasteiger partial charge on any atom is -0.0967 e. The van der Waals surface area contributed by atoms with Gasteiger partial charge in [-0.25, -0.2) is 0 Å². The first-order valence-corrected chi connectivity index (χ1v) is 8.43. The van der Waals surface area contributed by atoms with Crippen molar-refractivity contribution in [1.29, 1.82) is 0 Å². The summed E-state index contributed by atoms with van der Waals surface area (Å²) in [5, 5.41) is 0. The predicted molar refractivity (Wildman–Crippen MR) is 120 cm³/mol. The van der Waals surface area contributed by atoms with Gasteiger partial charge in [-0.2, -0.15) is 0 Å². The summed E-state index contributed by atoms with van der Waals surface area (Å²) in [6, 6.07) is 16.3. The first-order chi connectivity index (χ1) is 10.6. The monoisotopic (exact) mass is 419 g/mol. The minimum atomic E-state index is 0. The molecule has 2 heteroatoms. The standard InChI is InChI=1S/C8H10.C7H7B.3C2H6.2CH4.Y/c1-7-3-5-8(2)6-4-7;1-6-2-4-7(8)5-3-6;3*1-2;;;/h3-6H,1-2H3;2-5H,1H3;3*1-2H3;2*1H4;. The molecule has 25 heavy (non-hydrogen) atoms. The maximum atomic E-state index is 5.43. The van der Waals surface area contributed by atoms with Crippen molar-refractivity contribution < 1.29 is 32.7 Å². The van der Waals surface area contributed by atoms with Crippen LogP contribution < -0.4 is 5.46 Å². The van der Waals surface area contributed by atoms with Crippen molar-refractivity contribution in [2.45, 2.75) is 77.2 Å². The van der Waals surface area contributed by atoms with Gasteiger partial charge in [0.25, 0.3) is 0 Å². The van der Waals surface area contributed by atoms with E-state index < -0.39 is 0 Å². The number of hydrogen-bond donors (Lipinski definition) is 0. The zero-order chi connectivity index (χ0) is 18.0. The van der Waals surface area contributed by atoms with Gasteiger partial charge in [-0.05, 0) is 20.8 Å². The van der Waals surface area contributed by atoms with Crippen LogP contribution in [0.4, 0.5) is 0 Å². The van der Waals surface area contributed by atoms with Gasteiger partial charge in [-0.15, -0.1) is 0 Å². The average molecular weight is 419 g/mol. The van der Waals surface area contributed by atoms with E-state index in [1.165, 1.54) is 16.7 Å². The summed E-state index contributed by atoms with van der Waals surface area (Å²) in [5.41, 5.74) is 4.74. The Bertz CT molecular complexity index is 333. The third-order valence-electron chi connectivity index (χ3n) is 2.30. The van der Waals surface area contributed by atoms with Crippen LogP contribution in [0.5, 0.6) is 0 Å². The third kappa shape index (κ3) is 28.7. The Balaban J connectivity index is -0.0000000509. The van der Waals surface area contributed by atoms with Gasteiger partial charge in [-0.3, -0.25) is 0 Å². The van der Waals surface area contributed by atoms with Crippen molar-refractivity contribution >= 4 is 13.3 Å². The molecule has 0 heterocycles. The van der Waals surface area contributed by atoms with E-state index in [0.29, 0.717) is 0 Å². The smallest absolute Gasteiger partial charge is 0.0967 e. The number of rotatable bonds is 0. The fourth-order valence-electron chi connectivity index (χ4n) is 1.20. The van der Waals surface area contributed by atoms with Crippen molar-refractivity contribution in [1.82, 2.24) is 0 Å². The first-order valence-electron chi connectivity index (χ1n) is 8.43. The van der Waals surface area contributed by atoms with Crippen LogP contribution >= 0.6 is 0 Å². The number of hydrogen-bond acceptors (Lipinski definition) is 0. The number of benzene rings is 2. The van der Waals surface area contributed by atoms with Gasteiger partial charge < -0.3 is 0 Å². The Morgan fingerprint density at radius 1 is 0.480 bits per heavy atom. The molecule has 3 radical (unpaired) electrons. The van der Waals surface area contributed by atoms with Gasteiger partial charge in [0.1, 0.15) is 7.85 Å². The molecule has 0 aliphatic rings. The van der Waals surface area contributed by atoms with E-state index in [0.717, 1.165) is 5.46 Å². The van der Waals surface area contributed by atoms with E-state index in [4.69, 9.17) is 7.85 Å². The van der Waals surface area contributed by atoms with Crippen LogP contribution in [0, 0.1) is 20.8 Å². The second-order valence-electron chi connectivity index (χ2n) is 4.07. The molecule has 0 nitrogen and oxygen atoms in total. The van der Waals surface area contributed by atoms with E-state index in [-0.39, 0.29) is 47.6 Å². The van der Waals surface area contributed by atoms with E-state index >= 15 is 0 Å². The van der Waals surface area contributed by atoms with Crippen LogP contribution in [0.1, 0.15) is 73.1 Å². The molecule has 0 fully saturated rings. The molecule has 0 saturated carbocycles. The molecule has 0 N–H and O–H groups in total. The Kier molecular flexibility index (Phi) is 49.7. The Labute approximate surface area is 187 Å². The molecule has 0 aliphatic heterocycles. The van der Waals surface area contributed by atoms with E-state index in [2.05, 4.69) is 38.1 Å². The van der Waals surface area contributed by atoms with Crippen LogP contribution in [-0.4, -0.2) is 7.85 Å². The summed E-state index contributed by atoms with van der Waals surface area (Å²) >= 11 is 0. The summed E-state index contributed by atoms with van der Waals surface area (Å²) in [6.45, 7) is 18.2. The summed E-state index contributed by atoms with van der Waals surface area (Å²) in [4.78, 5) is 0. The maximum Gasteiger partial charge on any atom is 0.113 e. The third-order valence-corrected chi connectivity index (χ3v) is 2.30. The Hall–Kier alpha value is -0.391. The molecule has 0 aliphatic carbocycles. The largest absolute Gasteiger partial charge is 0.113 e. The summed E-state index contributed by atoms with van der Waals surface area (Å²) in [5.74, 6) is 0. The normalized spacial score (nSPS) is 6.60. The molecule has 0 atom stereocenters. The molecule has 141 valence electrons. The quantitative estimate of drug-likeness (QED) is 0.389. The molecule has 0 amide bonds. The van der Waals surface area contributed by atoms with Gasteiger partial charge >= 0.3 is 0 Å². The molecule has 2 aromatic carbocycles. The molecule has 0 unspecified atom stereocenters. The van der Waals surface area contributed by atoms with E-state index in [9.17, 15) is 0 Å². The fourth-order valence-corrected chi connectivity index (χ4v) is 1.20. The zero-order valence-corrected chi connectivity index (χ0v) is 19.6. The van der Waals surface area contributed by atoms with Crippen LogP contribution in [0.25, 0.3) is 0 Å². The molecular formula is C23H43BY. The molecule has 0 spiro atoms. The van der Waals surface area contributed by atoms with Crippen LogP contribution in [-0.2, 0) is 32.7 Å². The summed E-state index contributed by atoms with van der Waals surface area (Å²) in [6.07, 6.45) is 0. The van der Waals surface area contributed by atoms with Gasteiger partial charge in [0, 0.05) is 32.7 Å². The van der Waals surface area contributed by atoms with Crippen molar-refractivity contribution in [3.63, 3.8) is 0 Å². The van der Waals surface area contributed by atoms with Gasteiger partial charge in [0.15, 0.2) is 0 Å². The topological polar surface area (TPSA) is 0 Å². The number of aryl methyl sites for hydroxylation is 3. The molecule has 2 rings (SSSR count). The molecular weight excluding hydrogens is 376 g/mol. The van der Waals surface area contributed by atoms with Crippen LogP contribution in [0.15, 0.2) is 48.5 Å². The van der Waals surface area contributed by atoms with Gasteiger partial charge in [0.05, 0.1) is 0 Å². The average Bonchev–Trinajstić information content (AvgIpc) is 2.59.